The molecule has 13 heavy (non-hydrogen) atoms. The number of hydrogen-bond acceptors (Lipinski definition) is 2. The lowest BCUT2D eigenvalue weighted by molar-refractivity contribution is -0.147. The lowest BCUT2D eigenvalue weighted by Gasteiger charge is -2.53. The highest BCUT2D eigenvalue weighted by atomic mass is 16.4. The van der Waals surface area contributed by atoms with Crippen LogP contribution in [0.1, 0.15) is 33.6 Å². The van der Waals surface area contributed by atoms with Crippen molar-refractivity contribution in [2.24, 2.45) is 17.3 Å². The lowest BCUT2D eigenvalue weighted by Crippen LogP contribution is -2.50. The predicted octanol–water partition coefficient (Wildman–Crippen LogP) is 1.50. The summed E-state index contributed by atoms with van der Waals surface area (Å²) in [7, 11) is 0. The van der Waals surface area contributed by atoms with Gasteiger partial charge in [0.25, 0.3) is 0 Å². The zero-order valence-corrected chi connectivity index (χ0v) is 8.45. The van der Waals surface area contributed by atoms with E-state index in [1.807, 2.05) is 13.8 Å². The summed E-state index contributed by atoms with van der Waals surface area (Å²) in [6, 6.07) is 0. The van der Waals surface area contributed by atoms with Gasteiger partial charge in [-0.25, -0.2) is 0 Å². The topological polar surface area (TPSA) is 57.5 Å². The Hall–Kier alpha value is -0.570. The summed E-state index contributed by atoms with van der Waals surface area (Å²) in [5.41, 5.74) is -0.0213. The molecule has 1 aliphatic carbocycles. The van der Waals surface area contributed by atoms with Gasteiger partial charge in [0.1, 0.15) is 0 Å². The molecule has 0 heterocycles. The van der Waals surface area contributed by atoms with E-state index in [4.69, 9.17) is 5.11 Å². The minimum Gasteiger partial charge on any atom is -0.481 e. The number of hydrogen-bond donors (Lipinski definition) is 2. The number of carbonyl (C=O) groups is 1. The number of aliphatic hydroxyl groups is 1. The second-order valence-electron chi connectivity index (χ2n) is 4.70. The van der Waals surface area contributed by atoms with Gasteiger partial charge in [-0.05, 0) is 30.6 Å². The summed E-state index contributed by atoms with van der Waals surface area (Å²) in [5, 5.41) is 18.1. The molecule has 1 saturated carbocycles. The Balaban J connectivity index is 2.54. The fraction of sp³-hybridized carbons (Fsp3) is 0.900. The second kappa shape index (κ2) is 3.29. The standard InChI is InChI=1S/C10H18O3/c1-6(11)8-4-7(5-9(12)13)10(8,2)3/h6-8,11H,4-5H2,1-3H3,(H,12,13)/t6?,7-,8+/m0/s1. The van der Waals surface area contributed by atoms with Crippen LogP contribution in [0, 0.1) is 17.3 Å². The number of carboxylic acid groups (broad SMARTS) is 1. The number of aliphatic carboxylic acids is 1. The van der Waals surface area contributed by atoms with E-state index in [2.05, 4.69) is 0 Å². The van der Waals surface area contributed by atoms with Gasteiger partial charge in [0.15, 0.2) is 0 Å². The molecule has 0 aromatic heterocycles. The van der Waals surface area contributed by atoms with E-state index < -0.39 is 5.97 Å². The number of carboxylic acids is 1. The largest absolute Gasteiger partial charge is 0.481 e. The molecule has 1 unspecified atom stereocenters. The van der Waals surface area contributed by atoms with Crippen molar-refractivity contribution in [3.05, 3.63) is 0 Å². The van der Waals surface area contributed by atoms with E-state index in [-0.39, 0.29) is 29.8 Å². The summed E-state index contributed by atoms with van der Waals surface area (Å²) in [4.78, 5) is 10.5. The summed E-state index contributed by atoms with van der Waals surface area (Å²) >= 11 is 0. The van der Waals surface area contributed by atoms with Crippen LogP contribution < -0.4 is 0 Å². The van der Waals surface area contributed by atoms with E-state index in [9.17, 15) is 9.90 Å². The van der Waals surface area contributed by atoms with E-state index >= 15 is 0 Å². The van der Waals surface area contributed by atoms with Crippen molar-refractivity contribution in [1.82, 2.24) is 0 Å². The molecule has 3 nitrogen and oxygen atoms in total. The highest BCUT2D eigenvalue weighted by Gasteiger charge is 2.50. The van der Waals surface area contributed by atoms with Gasteiger partial charge in [-0.3, -0.25) is 4.79 Å². The molecule has 1 aliphatic rings. The molecule has 3 atom stereocenters. The minimum absolute atomic E-state index is 0.0213. The van der Waals surface area contributed by atoms with Gasteiger partial charge < -0.3 is 10.2 Å². The fourth-order valence-corrected chi connectivity index (χ4v) is 2.43. The maximum Gasteiger partial charge on any atom is 0.303 e. The zero-order chi connectivity index (χ0) is 10.2. The zero-order valence-electron chi connectivity index (χ0n) is 8.45. The molecule has 3 heteroatoms. The first kappa shape index (κ1) is 10.5. The Morgan fingerprint density at radius 3 is 2.46 bits per heavy atom. The van der Waals surface area contributed by atoms with Crippen molar-refractivity contribution >= 4 is 5.97 Å². The van der Waals surface area contributed by atoms with E-state index in [0.29, 0.717) is 0 Å². The molecule has 0 bridgehead atoms. The van der Waals surface area contributed by atoms with Gasteiger partial charge in [0.05, 0.1) is 6.10 Å². The van der Waals surface area contributed by atoms with Crippen LogP contribution in [0.15, 0.2) is 0 Å². The first-order valence-corrected chi connectivity index (χ1v) is 4.75. The van der Waals surface area contributed by atoms with Crippen molar-refractivity contribution < 1.29 is 15.0 Å². The van der Waals surface area contributed by atoms with Crippen LogP contribution in [0.4, 0.5) is 0 Å². The van der Waals surface area contributed by atoms with Crippen LogP contribution in [-0.4, -0.2) is 22.3 Å². The second-order valence-corrected chi connectivity index (χ2v) is 4.70. The number of aliphatic hydroxyl groups excluding tert-OH is 1. The maximum absolute atomic E-state index is 10.5. The van der Waals surface area contributed by atoms with Crippen LogP contribution in [0.25, 0.3) is 0 Å². The highest BCUT2D eigenvalue weighted by molar-refractivity contribution is 5.67. The average Bonchev–Trinajstić information content (AvgIpc) is 1.96. The molecule has 0 aromatic carbocycles. The molecule has 2 N–H and O–H groups in total. The molecule has 76 valence electrons. The SMILES string of the molecule is CC(O)[C@H]1C[C@@H](CC(=O)O)C1(C)C. The third-order valence-electron chi connectivity index (χ3n) is 3.55. The normalized spacial score (nSPS) is 33.5. The smallest absolute Gasteiger partial charge is 0.303 e. The van der Waals surface area contributed by atoms with Crippen molar-refractivity contribution in [3.8, 4) is 0 Å². The first-order chi connectivity index (χ1) is 5.85. The Labute approximate surface area is 78.8 Å². The molecular weight excluding hydrogens is 168 g/mol. The monoisotopic (exact) mass is 186 g/mol. The molecule has 0 aliphatic heterocycles. The fourth-order valence-electron chi connectivity index (χ4n) is 2.43. The minimum atomic E-state index is -0.734. The highest BCUT2D eigenvalue weighted by Crippen LogP contribution is 2.54. The molecular formula is C10H18O3. The summed E-state index contributed by atoms with van der Waals surface area (Å²) in [6.07, 6.45) is 0.757. The molecule has 0 saturated heterocycles. The van der Waals surface area contributed by atoms with E-state index in [1.54, 1.807) is 6.92 Å². The van der Waals surface area contributed by atoms with Gasteiger partial charge in [-0.2, -0.15) is 0 Å². The predicted molar refractivity (Wildman–Crippen MR) is 49.3 cm³/mol. The van der Waals surface area contributed by atoms with Gasteiger partial charge in [-0.15, -0.1) is 0 Å². The molecule has 1 rings (SSSR count). The molecule has 0 aromatic rings. The lowest BCUT2D eigenvalue weighted by atomic mass is 9.52. The summed E-state index contributed by atoms with van der Waals surface area (Å²) in [5.74, 6) is -0.247. The van der Waals surface area contributed by atoms with Gasteiger partial charge in [0, 0.05) is 6.42 Å². The van der Waals surface area contributed by atoms with Crippen LogP contribution in [0.2, 0.25) is 0 Å². The van der Waals surface area contributed by atoms with Crippen molar-refractivity contribution in [1.29, 1.82) is 0 Å². The molecule has 0 amide bonds. The van der Waals surface area contributed by atoms with Crippen LogP contribution in [-0.2, 0) is 4.79 Å². The quantitative estimate of drug-likeness (QED) is 0.702. The first-order valence-electron chi connectivity index (χ1n) is 4.75. The Morgan fingerprint density at radius 2 is 2.15 bits per heavy atom. The Morgan fingerprint density at radius 1 is 1.62 bits per heavy atom. The summed E-state index contributed by atoms with van der Waals surface area (Å²) in [6.45, 7) is 5.87. The van der Waals surface area contributed by atoms with Gasteiger partial charge in [0.2, 0.25) is 0 Å². The summed E-state index contributed by atoms with van der Waals surface area (Å²) < 4.78 is 0. The third kappa shape index (κ3) is 1.85. The van der Waals surface area contributed by atoms with Crippen molar-refractivity contribution in [2.45, 2.75) is 39.7 Å². The van der Waals surface area contributed by atoms with E-state index in [1.165, 1.54) is 0 Å². The molecule has 0 radical (unpaired) electrons. The maximum atomic E-state index is 10.5. The third-order valence-corrected chi connectivity index (χ3v) is 3.55. The molecule has 1 fully saturated rings. The van der Waals surface area contributed by atoms with Crippen molar-refractivity contribution in [3.63, 3.8) is 0 Å². The van der Waals surface area contributed by atoms with Crippen LogP contribution in [0.5, 0.6) is 0 Å². The Bertz CT molecular complexity index is 208. The number of rotatable bonds is 3. The van der Waals surface area contributed by atoms with Gasteiger partial charge >= 0.3 is 5.97 Å². The van der Waals surface area contributed by atoms with Crippen molar-refractivity contribution in [2.75, 3.05) is 0 Å². The van der Waals surface area contributed by atoms with Crippen LogP contribution in [0.3, 0.4) is 0 Å². The molecule has 0 spiro atoms. The van der Waals surface area contributed by atoms with E-state index in [0.717, 1.165) is 6.42 Å². The van der Waals surface area contributed by atoms with Gasteiger partial charge in [-0.1, -0.05) is 13.8 Å². The Kier molecular flexibility index (Phi) is 2.66. The van der Waals surface area contributed by atoms with Crippen LogP contribution >= 0.6 is 0 Å². The average molecular weight is 186 g/mol.